The van der Waals surface area contributed by atoms with Crippen LogP contribution in [0.1, 0.15) is 30.9 Å². The Hall–Kier alpha value is -1.80. The molecule has 1 aliphatic rings. The van der Waals surface area contributed by atoms with Crippen LogP contribution in [0.25, 0.3) is 0 Å². The number of rotatable bonds is 10. The summed E-state index contributed by atoms with van der Waals surface area (Å²) < 4.78 is 40.9. The summed E-state index contributed by atoms with van der Waals surface area (Å²) in [5, 5.41) is 6.56. The summed E-state index contributed by atoms with van der Waals surface area (Å²) in [5.41, 5.74) is 1.73. The maximum atomic E-state index is 12.1. The molecule has 0 saturated heterocycles. The summed E-state index contributed by atoms with van der Waals surface area (Å²) in [6, 6.07) is 8.05. The number of likely N-dealkylation sites (N-methyl/N-ethyl adjacent to an activating group) is 1. The van der Waals surface area contributed by atoms with Gasteiger partial charge >= 0.3 is 6.18 Å². The van der Waals surface area contributed by atoms with E-state index in [1.165, 1.54) is 12.8 Å². The lowest BCUT2D eigenvalue weighted by Crippen LogP contribution is -2.41. The first kappa shape index (κ1) is 21.5. The van der Waals surface area contributed by atoms with Crippen molar-refractivity contribution in [1.29, 1.82) is 0 Å². The largest absolute Gasteiger partial charge is 0.411 e. The van der Waals surface area contributed by atoms with Gasteiger partial charge in [-0.15, -0.1) is 0 Å². The van der Waals surface area contributed by atoms with Gasteiger partial charge in [-0.25, -0.2) is 0 Å². The van der Waals surface area contributed by atoms with Crippen LogP contribution in [0.3, 0.4) is 0 Å². The molecule has 5 nitrogen and oxygen atoms in total. The highest BCUT2D eigenvalue weighted by Crippen LogP contribution is 2.25. The van der Waals surface area contributed by atoms with Crippen molar-refractivity contribution >= 4 is 5.96 Å². The Balaban J connectivity index is 1.67. The second-order valence-corrected chi connectivity index (χ2v) is 6.64. The van der Waals surface area contributed by atoms with Gasteiger partial charge in [-0.3, -0.25) is 9.89 Å². The van der Waals surface area contributed by atoms with Crippen LogP contribution < -0.4 is 10.6 Å². The normalized spacial score (nSPS) is 15.3. The van der Waals surface area contributed by atoms with E-state index in [1.54, 1.807) is 19.2 Å². The maximum Gasteiger partial charge on any atom is 0.411 e. The third-order valence-corrected chi connectivity index (χ3v) is 4.40. The first-order chi connectivity index (χ1) is 12.9. The molecule has 1 aromatic carbocycles. The molecule has 1 fully saturated rings. The molecular formula is C19H29F3N4O. The van der Waals surface area contributed by atoms with E-state index in [2.05, 4.69) is 32.2 Å². The highest BCUT2D eigenvalue weighted by molar-refractivity contribution is 5.79. The summed E-state index contributed by atoms with van der Waals surface area (Å²) in [4.78, 5) is 6.69. The predicted octanol–water partition coefficient (Wildman–Crippen LogP) is 2.91. The fourth-order valence-corrected chi connectivity index (χ4v) is 2.80. The topological polar surface area (TPSA) is 48.9 Å². The van der Waals surface area contributed by atoms with Crippen LogP contribution in [0.2, 0.25) is 0 Å². The van der Waals surface area contributed by atoms with Crippen molar-refractivity contribution in [3.8, 4) is 0 Å². The number of aliphatic imine (C=N–C) groups is 1. The third kappa shape index (κ3) is 8.62. The molecule has 0 atom stereocenters. The van der Waals surface area contributed by atoms with E-state index in [0.717, 1.165) is 37.2 Å². The molecule has 0 spiro atoms. The van der Waals surface area contributed by atoms with Crippen molar-refractivity contribution in [2.45, 2.75) is 45.1 Å². The van der Waals surface area contributed by atoms with Gasteiger partial charge in [0.15, 0.2) is 5.96 Å². The SMILES string of the molecule is CCN(CCNC(=NC)NCc1ccc(COCC(F)(F)F)cc1)C1CC1. The van der Waals surface area contributed by atoms with Gasteiger partial charge in [-0.05, 0) is 30.5 Å². The highest BCUT2D eigenvalue weighted by atomic mass is 19.4. The van der Waals surface area contributed by atoms with Crippen molar-refractivity contribution in [2.24, 2.45) is 4.99 Å². The second-order valence-electron chi connectivity index (χ2n) is 6.64. The first-order valence-corrected chi connectivity index (χ1v) is 9.32. The van der Waals surface area contributed by atoms with Crippen LogP contribution in [0.4, 0.5) is 13.2 Å². The van der Waals surface area contributed by atoms with Crippen LogP contribution in [-0.4, -0.2) is 56.4 Å². The van der Waals surface area contributed by atoms with Crippen molar-refractivity contribution in [3.63, 3.8) is 0 Å². The van der Waals surface area contributed by atoms with Gasteiger partial charge in [0.1, 0.15) is 6.61 Å². The summed E-state index contributed by atoms with van der Waals surface area (Å²) in [6.07, 6.45) is -1.68. The van der Waals surface area contributed by atoms with Crippen molar-refractivity contribution in [3.05, 3.63) is 35.4 Å². The van der Waals surface area contributed by atoms with Gasteiger partial charge in [-0.2, -0.15) is 13.2 Å². The monoisotopic (exact) mass is 386 g/mol. The summed E-state index contributed by atoms with van der Waals surface area (Å²) >= 11 is 0. The van der Waals surface area contributed by atoms with Crippen molar-refractivity contribution in [1.82, 2.24) is 15.5 Å². The van der Waals surface area contributed by atoms with Gasteiger partial charge in [0.25, 0.3) is 0 Å². The number of guanidine groups is 1. The van der Waals surface area contributed by atoms with E-state index >= 15 is 0 Å². The van der Waals surface area contributed by atoms with E-state index in [1.807, 2.05) is 12.1 Å². The number of nitrogens with one attached hydrogen (secondary N) is 2. The Morgan fingerprint density at radius 1 is 1.19 bits per heavy atom. The average molecular weight is 386 g/mol. The molecule has 0 aliphatic heterocycles. The van der Waals surface area contributed by atoms with Crippen LogP contribution in [-0.2, 0) is 17.9 Å². The zero-order valence-corrected chi connectivity index (χ0v) is 16.0. The fraction of sp³-hybridized carbons (Fsp3) is 0.632. The van der Waals surface area contributed by atoms with E-state index in [0.29, 0.717) is 12.1 Å². The molecule has 0 aromatic heterocycles. The predicted molar refractivity (Wildman–Crippen MR) is 101 cm³/mol. The molecular weight excluding hydrogens is 357 g/mol. The van der Waals surface area contributed by atoms with Crippen LogP contribution in [0.5, 0.6) is 0 Å². The van der Waals surface area contributed by atoms with Gasteiger partial charge in [0, 0.05) is 32.7 Å². The quantitative estimate of drug-likeness (QED) is 0.480. The molecule has 1 saturated carbocycles. The first-order valence-electron chi connectivity index (χ1n) is 9.32. The van der Waals surface area contributed by atoms with E-state index in [4.69, 9.17) is 0 Å². The molecule has 2 N–H and O–H groups in total. The lowest BCUT2D eigenvalue weighted by molar-refractivity contribution is -0.176. The number of ether oxygens (including phenoxy) is 1. The summed E-state index contributed by atoms with van der Waals surface area (Å²) in [7, 11) is 1.73. The average Bonchev–Trinajstić information content (AvgIpc) is 3.46. The number of halogens is 3. The van der Waals surface area contributed by atoms with Crippen LogP contribution in [0.15, 0.2) is 29.3 Å². The Morgan fingerprint density at radius 3 is 2.41 bits per heavy atom. The van der Waals surface area contributed by atoms with Crippen molar-refractivity contribution in [2.75, 3.05) is 33.3 Å². The van der Waals surface area contributed by atoms with E-state index in [-0.39, 0.29) is 6.61 Å². The van der Waals surface area contributed by atoms with Gasteiger partial charge in [0.05, 0.1) is 6.61 Å². The molecule has 1 aliphatic carbocycles. The molecule has 0 heterocycles. The minimum atomic E-state index is -4.29. The number of alkyl halides is 3. The lowest BCUT2D eigenvalue weighted by atomic mass is 10.1. The Morgan fingerprint density at radius 2 is 1.85 bits per heavy atom. The highest BCUT2D eigenvalue weighted by Gasteiger charge is 2.27. The lowest BCUT2D eigenvalue weighted by Gasteiger charge is -2.20. The minimum absolute atomic E-state index is 0.0502. The van der Waals surface area contributed by atoms with Crippen LogP contribution >= 0.6 is 0 Å². The maximum absolute atomic E-state index is 12.1. The smallest absolute Gasteiger partial charge is 0.367 e. The molecule has 1 aromatic rings. The fourth-order valence-electron chi connectivity index (χ4n) is 2.80. The Bertz CT molecular complexity index is 586. The zero-order valence-electron chi connectivity index (χ0n) is 16.0. The molecule has 0 amide bonds. The van der Waals surface area contributed by atoms with Gasteiger partial charge in [-0.1, -0.05) is 31.2 Å². The molecule has 0 unspecified atom stereocenters. The molecule has 8 heteroatoms. The van der Waals surface area contributed by atoms with Crippen molar-refractivity contribution < 1.29 is 17.9 Å². The third-order valence-electron chi connectivity index (χ3n) is 4.40. The summed E-state index contributed by atoms with van der Waals surface area (Å²) in [6.45, 7) is 4.39. The van der Waals surface area contributed by atoms with Gasteiger partial charge in [0.2, 0.25) is 0 Å². The van der Waals surface area contributed by atoms with Crippen LogP contribution in [0, 0.1) is 0 Å². The standard InChI is InChI=1S/C19H29F3N4O/c1-3-26(17-8-9-17)11-10-24-18(23-2)25-12-15-4-6-16(7-5-15)13-27-14-19(20,21)22/h4-7,17H,3,8-14H2,1-2H3,(H2,23,24,25). The number of benzene rings is 1. The molecule has 152 valence electrons. The molecule has 2 rings (SSSR count). The molecule has 27 heavy (non-hydrogen) atoms. The van der Waals surface area contributed by atoms with E-state index in [9.17, 15) is 13.2 Å². The number of hydrogen-bond acceptors (Lipinski definition) is 3. The minimum Gasteiger partial charge on any atom is -0.367 e. The van der Waals surface area contributed by atoms with E-state index < -0.39 is 12.8 Å². The summed E-state index contributed by atoms with van der Waals surface area (Å²) in [5.74, 6) is 0.736. The molecule has 0 bridgehead atoms. The number of hydrogen-bond donors (Lipinski definition) is 2. The Kier molecular flexibility index (Phi) is 8.37. The second kappa shape index (κ2) is 10.5. The zero-order chi connectivity index (χ0) is 19.7. The number of nitrogens with zero attached hydrogens (tertiary/aromatic N) is 2. The molecule has 0 radical (unpaired) electrons. The Labute approximate surface area is 159 Å². The van der Waals surface area contributed by atoms with Gasteiger partial charge < -0.3 is 15.4 Å².